The third kappa shape index (κ3) is 4.82. The number of carbonyl (C=O) groups is 1. The maximum atomic E-state index is 13.1. The van der Waals surface area contributed by atoms with E-state index in [1.54, 1.807) is 19.3 Å². The van der Waals surface area contributed by atoms with Crippen LogP contribution in [0.25, 0.3) is 0 Å². The van der Waals surface area contributed by atoms with Gasteiger partial charge in [0.2, 0.25) is 0 Å². The summed E-state index contributed by atoms with van der Waals surface area (Å²) in [4.78, 5) is 14.1. The zero-order valence-electron chi connectivity index (χ0n) is 13.5. The lowest BCUT2D eigenvalue weighted by Crippen LogP contribution is -2.40. The number of benzene rings is 1. The summed E-state index contributed by atoms with van der Waals surface area (Å²) >= 11 is 0. The van der Waals surface area contributed by atoms with Crippen LogP contribution in [0.3, 0.4) is 0 Å². The number of hydrogen-bond acceptors (Lipinski definition) is 4. The smallest absolute Gasteiger partial charge is 0.260 e. The Kier molecular flexibility index (Phi) is 5.76. The first kappa shape index (κ1) is 17.0. The molecule has 1 amide bonds. The highest BCUT2D eigenvalue weighted by atomic mass is 19.1. The highest BCUT2D eigenvalue weighted by molar-refractivity contribution is 5.80. The Labute approximate surface area is 135 Å². The van der Waals surface area contributed by atoms with Gasteiger partial charge in [0.15, 0.2) is 6.10 Å². The summed E-state index contributed by atoms with van der Waals surface area (Å²) in [7, 11) is 3.82. The molecule has 0 aliphatic heterocycles. The van der Waals surface area contributed by atoms with Gasteiger partial charge in [-0.05, 0) is 45.3 Å². The van der Waals surface area contributed by atoms with Crippen molar-refractivity contribution >= 4 is 5.91 Å². The molecule has 6 heteroatoms. The molecule has 0 aliphatic rings. The van der Waals surface area contributed by atoms with Crippen molar-refractivity contribution in [3.63, 3.8) is 0 Å². The summed E-state index contributed by atoms with van der Waals surface area (Å²) < 4.78 is 24.0. The summed E-state index contributed by atoms with van der Waals surface area (Å²) in [6, 6.07) is 9.31. The molecule has 2 aromatic rings. The normalized spacial score (nSPS) is 13.6. The molecular formula is C17H21FN2O3. The molecular weight excluding hydrogens is 299 g/mol. The zero-order valence-corrected chi connectivity index (χ0v) is 13.5. The number of nitrogens with one attached hydrogen (secondary N) is 1. The van der Waals surface area contributed by atoms with Crippen LogP contribution in [-0.4, -0.2) is 37.6 Å². The van der Waals surface area contributed by atoms with Gasteiger partial charge in [0.05, 0.1) is 12.3 Å². The molecule has 5 nitrogen and oxygen atoms in total. The minimum Gasteiger partial charge on any atom is -0.481 e. The van der Waals surface area contributed by atoms with Gasteiger partial charge in [0.25, 0.3) is 5.91 Å². The lowest BCUT2D eigenvalue weighted by Gasteiger charge is -2.23. The van der Waals surface area contributed by atoms with Gasteiger partial charge in [-0.25, -0.2) is 4.39 Å². The zero-order chi connectivity index (χ0) is 16.8. The number of furan rings is 1. The summed E-state index contributed by atoms with van der Waals surface area (Å²) in [5.74, 6) is 0.421. The van der Waals surface area contributed by atoms with E-state index in [0.29, 0.717) is 12.3 Å². The predicted octanol–water partition coefficient (Wildman–Crippen LogP) is 2.61. The second kappa shape index (κ2) is 7.78. The first-order chi connectivity index (χ1) is 11.0. The predicted molar refractivity (Wildman–Crippen MR) is 84.6 cm³/mol. The molecule has 0 bridgehead atoms. The maximum absolute atomic E-state index is 13.1. The molecule has 2 atom stereocenters. The fraction of sp³-hybridized carbons (Fsp3) is 0.353. The summed E-state index contributed by atoms with van der Waals surface area (Å²) in [5, 5.41) is 2.83. The molecule has 1 heterocycles. The number of ether oxygens (including phenoxy) is 1. The highest BCUT2D eigenvalue weighted by Gasteiger charge is 2.20. The van der Waals surface area contributed by atoms with Gasteiger partial charge in [-0.1, -0.05) is 6.07 Å². The van der Waals surface area contributed by atoms with Crippen molar-refractivity contribution in [3.8, 4) is 5.75 Å². The lowest BCUT2D eigenvalue weighted by atomic mass is 10.2. The summed E-state index contributed by atoms with van der Waals surface area (Å²) in [5.41, 5.74) is 0. The first-order valence-electron chi connectivity index (χ1n) is 7.37. The average Bonchev–Trinajstić information content (AvgIpc) is 3.01. The van der Waals surface area contributed by atoms with Crippen LogP contribution in [0, 0.1) is 5.82 Å². The van der Waals surface area contributed by atoms with Crippen molar-refractivity contribution in [3.05, 3.63) is 54.2 Å². The molecule has 124 valence electrons. The molecule has 1 aromatic heterocycles. The van der Waals surface area contributed by atoms with Gasteiger partial charge in [0.1, 0.15) is 17.3 Å². The van der Waals surface area contributed by atoms with Crippen LogP contribution < -0.4 is 10.1 Å². The Morgan fingerprint density at radius 2 is 2.13 bits per heavy atom. The van der Waals surface area contributed by atoms with E-state index in [1.807, 2.05) is 31.1 Å². The quantitative estimate of drug-likeness (QED) is 0.852. The van der Waals surface area contributed by atoms with Crippen LogP contribution in [0.4, 0.5) is 4.39 Å². The van der Waals surface area contributed by atoms with E-state index in [2.05, 4.69) is 5.32 Å². The molecule has 2 unspecified atom stereocenters. The van der Waals surface area contributed by atoms with Crippen molar-refractivity contribution in [1.29, 1.82) is 0 Å². The monoisotopic (exact) mass is 320 g/mol. The maximum Gasteiger partial charge on any atom is 0.260 e. The number of hydrogen-bond donors (Lipinski definition) is 1. The van der Waals surface area contributed by atoms with E-state index in [-0.39, 0.29) is 11.9 Å². The second-order valence-electron chi connectivity index (χ2n) is 5.46. The molecule has 0 fully saturated rings. The number of amides is 1. The largest absolute Gasteiger partial charge is 0.481 e. The molecule has 1 aromatic carbocycles. The Morgan fingerprint density at radius 1 is 1.35 bits per heavy atom. The molecule has 0 radical (unpaired) electrons. The first-order valence-corrected chi connectivity index (χ1v) is 7.37. The number of carbonyl (C=O) groups excluding carboxylic acids is 1. The van der Waals surface area contributed by atoms with Gasteiger partial charge in [-0.15, -0.1) is 0 Å². The van der Waals surface area contributed by atoms with E-state index in [1.165, 1.54) is 18.2 Å². The minimum absolute atomic E-state index is 0.0738. The van der Waals surface area contributed by atoms with Gasteiger partial charge >= 0.3 is 0 Å². The molecule has 23 heavy (non-hydrogen) atoms. The van der Waals surface area contributed by atoms with Gasteiger partial charge in [-0.3, -0.25) is 9.69 Å². The number of nitrogens with zero attached hydrogens (tertiary/aromatic N) is 1. The Hall–Kier alpha value is -2.34. The Balaban J connectivity index is 1.90. The van der Waals surface area contributed by atoms with Gasteiger partial charge < -0.3 is 14.5 Å². The number of rotatable bonds is 7. The summed E-state index contributed by atoms with van der Waals surface area (Å²) in [6.07, 6.45) is 0.875. The number of halogens is 1. The molecule has 0 aliphatic carbocycles. The SMILES string of the molecule is CC(Oc1cccc(F)c1)C(=O)NCC(c1ccco1)N(C)C. The molecule has 0 saturated heterocycles. The summed E-state index contributed by atoms with van der Waals surface area (Å²) in [6.45, 7) is 2.01. The molecule has 0 saturated carbocycles. The van der Waals surface area contributed by atoms with Crippen molar-refractivity contribution in [2.75, 3.05) is 20.6 Å². The Morgan fingerprint density at radius 3 is 2.74 bits per heavy atom. The van der Waals surface area contributed by atoms with Crippen LogP contribution in [0.5, 0.6) is 5.75 Å². The van der Waals surface area contributed by atoms with Crippen LogP contribution in [0.2, 0.25) is 0 Å². The average molecular weight is 320 g/mol. The molecule has 2 rings (SSSR count). The Bertz CT molecular complexity index is 629. The van der Waals surface area contributed by atoms with Gasteiger partial charge in [0, 0.05) is 12.6 Å². The van der Waals surface area contributed by atoms with E-state index in [0.717, 1.165) is 5.76 Å². The van der Waals surface area contributed by atoms with Crippen molar-refractivity contribution in [2.24, 2.45) is 0 Å². The van der Waals surface area contributed by atoms with Crippen LogP contribution in [0.15, 0.2) is 47.1 Å². The molecule has 0 spiro atoms. The standard InChI is InChI=1S/C17H21FN2O3/c1-12(23-14-7-4-6-13(18)10-14)17(21)19-11-15(20(2)3)16-8-5-9-22-16/h4-10,12,15H,11H2,1-3H3,(H,19,21). The van der Waals surface area contributed by atoms with Crippen molar-refractivity contribution in [2.45, 2.75) is 19.1 Å². The topological polar surface area (TPSA) is 54.7 Å². The molecule has 1 N–H and O–H groups in total. The van der Waals surface area contributed by atoms with Gasteiger partial charge in [-0.2, -0.15) is 0 Å². The van der Waals surface area contributed by atoms with Crippen LogP contribution in [-0.2, 0) is 4.79 Å². The van der Waals surface area contributed by atoms with Crippen molar-refractivity contribution < 1.29 is 18.3 Å². The third-order valence-corrected chi connectivity index (χ3v) is 3.44. The second-order valence-corrected chi connectivity index (χ2v) is 5.46. The third-order valence-electron chi connectivity index (χ3n) is 3.44. The van der Waals surface area contributed by atoms with Crippen molar-refractivity contribution in [1.82, 2.24) is 10.2 Å². The fourth-order valence-corrected chi connectivity index (χ4v) is 2.16. The van der Waals surface area contributed by atoms with Crippen LogP contribution in [0.1, 0.15) is 18.7 Å². The highest BCUT2D eigenvalue weighted by Crippen LogP contribution is 2.18. The van der Waals surface area contributed by atoms with E-state index >= 15 is 0 Å². The minimum atomic E-state index is -0.726. The fourth-order valence-electron chi connectivity index (χ4n) is 2.16. The van der Waals surface area contributed by atoms with Crippen LogP contribution >= 0.6 is 0 Å². The number of likely N-dealkylation sites (N-methyl/N-ethyl adjacent to an activating group) is 1. The lowest BCUT2D eigenvalue weighted by molar-refractivity contribution is -0.127. The van der Waals surface area contributed by atoms with E-state index < -0.39 is 11.9 Å². The van der Waals surface area contributed by atoms with E-state index in [9.17, 15) is 9.18 Å². The van der Waals surface area contributed by atoms with E-state index in [4.69, 9.17) is 9.15 Å².